The second-order valence-corrected chi connectivity index (χ2v) is 6.86. The van der Waals surface area contributed by atoms with E-state index in [-0.39, 0.29) is 0 Å². The predicted octanol–water partition coefficient (Wildman–Crippen LogP) is 3.60. The molecule has 0 spiro atoms. The minimum atomic E-state index is 0.415. The van der Waals surface area contributed by atoms with Crippen molar-refractivity contribution < 1.29 is 0 Å². The predicted molar refractivity (Wildman–Crippen MR) is 104 cm³/mol. The molecule has 1 unspecified atom stereocenters. The quantitative estimate of drug-likeness (QED) is 0.602. The van der Waals surface area contributed by atoms with Crippen LogP contribution >= 0.6 is 15.9 Å². The molecule has 0 saturated heterocycles. The molecule has 2 N–H and O–H groups in total. The third kappa shape index (κ3) is 4.16. The first-order valence-corrected chi connectivity index (χ1v) is 9.33. The third-order valence-electron chi connectivity index (χ3n) is 4.30. The summed E-state index contributed by atoms with van der Waals surface area (Å²) in [5.41, 5.74) is 3.07. The van der Waals surface area contributed by atoms with Crippen LogP contribution in [0.4, 0.5) is 5.82 Å². The first-order valence-electron chi connectivity index (χ1n) is 8.54. The van der Waals surface area contributed by atoms with Gasteiger partial charge in [0.2, 0.25) is 0 Å². The minimum absolute atomic E-state index is 0.415. The van der Waals surface area contributed by atoms with Crippen molar-refractivity contribution in [3.05, 3.63) is 52.5 Å². The third-order valence-corrected chi connectivity index (χ3v) is 4.86. The van der Waals surface area contributed by atoms with E-state index in [1.54, 1.807) is 12.4 Å². The van der Waals surface area contributed by atoms with Crippen LogP contribution in [0.2, 0.25) is 0 Å². The largest absolute Gasteiger partial charge is 0.366 e. The summed E-state index contributed by atoms with van der Waals surface area (Å²) in [5.74, 6) is 1.36. The van der Waals surface area contributed by atoms with E-state index in [9.17, 15) is 0 Å². The van der Waals surface area contributed by atoms with Crippen molar-refractivity contribution in [2.45, 2.75) is 32.2 Å². The van der Waals surface area contributed by atoms with Crippen LogP contribution in [0, 0.1) is 0 Å². The summed E-state index contributed by atoms with van der Waals surface area (Å²) in [6, 6.07) is 6.12. The maximum atomic E-state index is 4.85. The molecule has 0 saturated carbocycles. The van der Waals surface area contributed by atoms with Gasteiger partial charge >= 0.3 is 0 Å². The van der Waals surface area contributed by atoms with Crippen LogP contribution in [0.5, 0.6) is 0 Å². The second kappa shape index (κ2) is 8.40. The molecule has 1 atom stereocenters. The molecule has 0 fully saturated rings. The Balaban J connectivity index is 1.92. The fourth-order valence-corrected chi connectivity index (χ4v) is 3.21. The fraction of sp³-hybridized carbons (Fsp3) is 0.389. The molecule has 0 amide bonds. The van der Waals surface area contributed by atoms with Gasteiger partial charge in [0.05, 0.1) is 10.7 Å². The highest BCUT2D eigenvalue weighted by molar-refractivity contribution is 9.10. The molecule has 0 aromatic carbocycles. The molecule has 0 radical (unpaired) electrons. The van der Waals surface area contributed by atoms with Gasteiger partial charge in [0.25, 0.3) is 0 Å². The van der Waals surface area contributed by atoms with E-state index >= 15 is 0 Å². The standard InChI is InChI=1S/C18H23BrN6/c1-3-14(6-8-20-2)16-9-17(22-11-13-5-4-7-21-10-13)25-18(24-16)15(19)12-23-25/h4-5,7,9-10,12,14,20,22H,3,6,8,11H2,1-2H3. The van der Waals surface area contributed by atoms with Crippen LogP contribution < -0.4 is 10.6 Å². The van der Waals surface area contributed by atoms with Gasteiger partial charge in [-0.15, -0.1) is 0 Å². The number of rotatable bonds is 8. The molecule has 6 nitrogen and oxygen atoms in total. The first kappa shape index (κ1) is 17.8. The number of anilines is 1. The van der Waals surface area contributed by atoms with E-state index in [1.807, 2.05) is 23.8 Å². The van der Waals surface area contributed by atoms with Crippen LogP contribution in [0.15, 0.2) is 41.3 Å². The fourth-order valence-electron chi connectivity index (χ4n) is 2.86. The van der Waals surface area contributed by atoms with Crippen LogP contribution in [-0.2, 0) is 6.54 Å². The van der Waals surface area contributed by atoms with Crippen molar-refractivity contribution in [1.29, 1.82) is 0 Å². The average molecular weight is 403 g/mol. The summed E-state index contributed by atoms with van der Waals surface area (Å²) in [4.78, 5) is 9.01. The molecular formula is C18H23BrN6. The smallest absolute Gasteiger partial charge is 0.171 e. The number of halogens is 1. The lowest BCUT2D eigenvalue weighted by atomic mass is 9.98. The summed E-state index contributed by atoms with van der Waals surface area (Å²) in [7, 11) is 1.98. The van der Waals surface area contributed by atoms with Gasteiger partial charge in [-0.25, -0.2) is 4.98 Å². The lowest BCUT2D eigenvalue weighted by Gasteiger charge is -2.17. The Morgan fingerprint density at radius 1 is 1.32 bits per heavy atom. The Morgan fingerprint density at radius 2 is 2.20 bits per heavy atom. The molecule has 7 heteroatoms. The molecule has 3 heterocycles. The molecule has 132 valence electrons. The highest BCUT2D eigenvalue weighted by Gasteiger charge is 2.16. The van der Waals surface area contributed by atoms with Gasteiger partial charge in [-0.3, -0.25) is 4.98 Å². The molecule has 25 heavy (non-hydrogen) atoms. The Morgan fingerprint density at radius 3 is 2.92 bits per heavy atom. The number of nitrogens with zero attached hydrogens (tertiary/aromatic N) is 4. The Bertz CT molecular complexity index is 817. The molecule has 0 aliphatic carbocycles. The number of hydrogen-bond acceptors (Lipinski definition) is 5. The van der Waals surface area contributed by atoms with Crippen molar-refractivity contribution in [3.8, 4) is 0 Å². The van der Waals surface area contributed by atoms with Gasteiger partial charge in [0.1, 0.15) is 5.82 Å². The highest BCUT2D eigenvalue weighted by Crippen LogP contribution is 2.27. The number of hydrogen-bond donors (Lipinski definition) is 2. The Kier molecular flexibility index (Phi) is 5.99. The van der Waals surface area contributed by atoms with E-state index in [0.29, 0.717) is 12.5 Å². The van der Waals surface area contributed by atoms with Crippen LogP contribution in [0.3, 0.4) is 0 Å². The average Bonchev–Trinajstić information content (AvgIpc) is 3.02. The monoisotopic (exact) mass is 402 g/mol. The summed E-state index contributed by atoms with van der Waals surface area (Å²) < 4.78 is 2.75. The molecule has 3 rings (SSSR count). The van der Waals surface area contributed by atoms with Gasteiger partial charge in [-0.05, 0) is 54.0 Å². The Labute approximate surface area is 156 Å². The molecule has 0 aliphatic heterocycles. The maximum Gasteiger partial charge on any atom is 0.171 e. The van der Waals surface area contributed by atoms with E-state index in [4.69, 9.17) is 4.98 Å². The normalized spacial score (nSPS) is 12.4. The summed E-state index contributed by atoms with van der Waals surface area (Å²) in [5, 5.41) is 11.1. The lowest BCUT2D eigenvalue weighted by molar-refractivity contribution is 0.568. The minimum Gasteiger partial charge on any atom is -0.366 e. The van der Waals surface area contributed by atoms with Crippen molar-refractivity contribution in [2.24, 2.45) is 0 Å². The lowest BCUT2D eigenvalue weighted by Crippen LogP contribution is -2.14. The molecule has 0 bridgehead atoms. The van der Waals surface area contributed by atoms with Gasteiger partial charge in [-0.1, -0.05) is 13.0 Å². The summed E-state index contributed by atoms with van der Waals surface area (Å²) in [6.07, 6.45) is 7.55. The van der Waals surface area contributed by atoms with Crippen molar-refractivity contribution in [2.75, 3.05) is 18.9 Å². The van der Waals surface area contributed by atoms with Gasteiger partial charge < -0.3 is 10.6 Å². The van der Waals surface area contributed by atoms with Gasteiger partial charge in [-0.2, -0.15) is 9.61 Å². The molecule has 0 aliphatic rings. The number of pyridine rings is 1. The van der Waals surface area contributed by atoms with E-state index < -0.39 is 0 Å². The molecule has 3 aromatic rings. The topological polar surface area (TPSA) is 67.1 Å². The van der Waals surface area contributed by atoms with Crippen molar-refractivity contribution >= 4 is 27.4 Å². The zero-order valence-corrected chi connectivity index (χ0v) is 16.1. The SMILES string of the molecule is CCC(CCNC)c1cc(NCc2cccnc2)n2ncc(Br)c2n1. The molecule has 3 aromatic heterocycles. The summed E-state index contributed by atoms with van der Waals surface area (Å²) >= 11 is 3.56. The maximum absolute atomic E-state index is 4.85. The van der Waals surface area contributed by atoms with Crippen LogP contribution in [0.1, 0.15) is 36.9 Å². The van der Waals surface area contributed by atoms with E-state index in [1.165, 1.54) is 0 Å². The van der Waals surface area contributed by atoms with Crippen LogP contribution in [-0.4, -0.2) is 33.2 Å². The van der Waals surface area contributed by atoms with E-state index in [0.717, 1.165) is 46.6 Å². The van der Waals surface area contributed by atoms with Crippen molar-refractivity contribution in [1.82, 2.24) is 24.9 Å². The highest BCUT2D eigenvalue weighted by atomic mass is 79.9. The van der Waals surface area contributed by atoms with Crippen molar-refractivity contribution in [3.63, 3.8) is 0 Å². The zero-order chi connectivity index (χ0) is 17.6. The van der Waals surface area contributed by atoms with Crippen LogP contribution in [0.25, 0.3) is 5.65 Å². The Hall–Kier alpha value is -1.99. The number of fused-ring (bicyclic) bond motifs is 1. The van der Waals surface area contributed by atoms with Gasteiger partial charge in [0, 0.05) is 36.6 Å². The molecular weight excluding hydrogens is 380 g/mol. The number of nitrogens with one attached hydrogen (secondary N) is 2. The van der Waals surface area contributed by atoms with E-state index in [2.05, 4.69) is 55.7 Å². The second-order valence-electron chi connectivity index (χ2n) is 6.01. The first-order chi connectivity index (χ1) is 12.2. The summed E-state index contributed by atoms with van der Waals surface area (Å²) in [6.45, 7) is 3.88. The number of aromatic nitrogens is 4. The van der Waals surface area contributed by atoms with Gasteiger partial charge in [0.15, 0.2) is 5.65 Å². The zero-order valence-electron chi connectivity index (χ0n) is 14.5.